The molecule has 0 bridgehead atoms. The molecule has 5 rings (SSSR count). The highest BCUT2D eigenvalue weighted by Gasteiger charge is 2.29. The molecule has 9 heteroatoms. The molecule has 162 valence electrons. The van der Waals surface area contributed by atoms with Gasteiger partial charge in [-0.25, -0.2) is 19.3 Å². The highest BCUT2D eigenvalue weighted by atomic mass is 32.2. The van der Waals surface area contributed by atoms with Crippen LogP contribution >= 0.6 is 0 Å². The zero-order valence-corrected chi connectivity index (χ0v) is 18.1. The Morgan fingerprint density at radius 1 is 1.26 bits per heavy atom. The first kappa shape index (κ1) is 20.2. The van der Waals surface area contributed by atoms with Gasteiger partial charge >= 0.3 is 0 Å². The van der Waals surface area contributed by atoms with Crippen molar-refractivity contribution < 1.29 is 14.6 Å². The van der Waals surface area contributed by atoms with Gasteiger partial charge in [-0.3, -0.25) is 0 Å². The van der Waals surface area contributed by atoms with Gasteiger partial charge in [0.05, 0.1) is 24.4 Å². The third kappa shape index (κ3) is 4.08. The minimum atomic E-state index is -1.10. The first-order valence-corrected chi connectivity index (χ1v) is 12.4. The molecule has 2 saturated heterocycles. The van der Waals surface area contributed by atoms with Crippen LogP contribution in [0.2, 0.25) is 0 Å². The lowest BCUT2D eigenvalue weighted by molar-refractivity contribution is 0.0709. The van der Waals surface area contributed by atoms with Crippen LogP contribution in [0.3, 0.4) is 0 Å². The first-order valence-electron chi connectivity index (χ1n) is 10.3. The minimum Gasteiger partial charge on any atom is -0.468 e. The van der Waals surface area contributed by atoms with E-state index in [-0.39, 0.29) is 6.61 Å². The quantitative estimate of drug-likeness (QED) is 0.589. The average Bonchev–Trinajstić information content (AvgIpc) is 3.12. The molecular formula is C22H25N5O3S. The van der Waals surface area contributed by atoms with Crippen LogP contribution in [0.4, 0.5) is 17.2 Å². The van der Waals surface area contributed by atoms with Gasteiger partial charge in [0.25, 0.3) is 0 Å². The lowest BCUT2D eigenvalue weighted by Gasteiger charge is -2.24. The summed E-state index contributed by atoms with van der Waals surface area (Å²) in [6.45, 7) is 2.63. The van der Waals surface area contributed by atoms with Crippen molar-refractivity contribution in [3.63, 3.8) is 0 Å². The third-order valence-corrected chi connectivity index (χ3v) is 8.25. The van der Waals surface area contributed by atoms with Gasteiger partial charge in [0.2, 0.25) is 5.88 Å². The van der Waals surface area contributed by atoms with Crippen molar-refractivity contribution in [3.8, 4) is 5.88 Å². The fraction of sp³-hybridized carbons (Fsp3) is 0.364. The molecule has 2 aliphatic rings. The predicted molar refractivity (Wildman–Crippen MR) is 124 cm³/mol. The molecule has 3 aromatic rings. The molecule has 1 aromatic carbocycles. The molecule has 2 aliphatic heterocycles. The molecule has 0 radical (unpaired) electrons. The monoisotopic (exact) mass is 439 g/mol. The van der Waals surface area contributed by atoms with Gasteiger partial charge in [-0.1, -0.05) is 5.87 Å². The van der Waals surface area contributed by atoms with Crippen molar-refractivity contribution in [2.24, 2.45) is 4.36 Å². The Morgan fingerprint density at radius 3 is 2.87 bits per heavy atom. The van der Waals surface area contributed by atoms with Gasteiger partial charge in [-0.05, 0) is 54.7 Å². The smallest absolute Gasteiger partial charge is 0.238 e. The van der Waals surface area contributed by atoms with E-state index in [1.807, 2.05) is 25.1 Å². The summed E-state index contributed by atoms with van der Waals surface area (Å²) in [5.41, 5.74) is 3.45. The van der Waals surface area contributed by atoms with Gasteiger partial charge in [-0.2, -0.15) is 0 Å². The van der Waals surface area contributed by atoms with E-state index in [9.17, 15) is 5.11 Å². The number of benzene rings is 1. The maximum absolute atomic E-state index is 10.0. The number of fused-ring (bicyclic) bond motifs is 1. The lowest BCUT2D eigenvalue weighted by atomic mass is 10.1. The van der Waals surface area contributed by atoms with E-state index in [1.54, 1.807) is 6.20 Å². The number of aliphatic hydroxyl groups is 1. The van der Waals surface area contributed by atoms with E-state index in [1.165, 1.54) is 12.7 Å². The number of hydrogen-bond acceptors (Lipinski definition) is 8. The van der Waals surface area contributed by atoms with E-state index in [2.05, 4.69) is 32.2 Å². The molecule has 2 atom stereocenters. The average molecular weight is 440 g/mol. The molecule has 0 amide bonds. The van der Waals surface area contributed by atoms with Crippen LogP contribution in [0.1, 0.15) is 12.0 Å². The number of aromatic nitrogens is 3. The maximum atomic E-state index is 10.0. The zero-order valence-electron chi connectivity index (χ0n) is 17.3. The number of nitrogens with zero attached hydrogens (tertiary/aromatic N) is 4. The number of pyridine rings is 1. The summed E-state index contributed by atoms with van der Waals surface area (Å²) in [5.74, 6) is 7.59. The number of nitrogens with one attached hydrogen (secondary N) is 1. The Labute approximate surface area is 181 Å². The van der Waals surface area contributed by atoms with Crippen LogP contribution in [0.5, 0.6) is 5.88 Å². The van der Waals surface area contributed by atoms with Gasteiger partial charge < -0.3 is 19.9 Å². The molecule has 2 fully saturated rings. The van der Waals surface area contributed by atoms with Gasteiger partial charge in [0.15, 0.2) is 6.10 Å². The summed E-state index contributed by atoms with van der Waals surface area (Å²) < 4.78 is 16.1. The van der Waals surface area contributed by atoms with Crippen molar-refractivity contribution in [2.75, 3.05) is 30.0 Å². The number of rotatable bonds is 5. The van der Waals surface area contributed by atoms with Crippen LogP contribution in [-0.4, -0.2) is 62.9 Å². The molecular weight excluding hydrogens is 414 g/mol. The van der Waals surface area contributed by atoms with E-state index < -0.39 is 21.6 Å². The van der Waals surface area contributed by atoms with Gasteiger partial charge in [0, 0.05) is 11.6 Å². The van der Waals surface area contributed by atoms with Crippen LogP contribution < -0.4 is 10.1 Å². The predicted octanol–water partition coefficient (Wildman–Crippen LogP) is 3.02. The number of hydrogen-bond donors (Lipinski definition) is 2. The molecule has 8 nitrogen and oxygen atoms in total. The summed E-state index contributed by atoms with van der Waals surface area (Å²) in [7, 11) is -1.10. The fourth-order valence-electron chi connectivity index (χ4n) is 3.80. The summed E-state index contributed by atoms with van der Waals surface area (Å²) in [4.78, 5) is 13.3. The van der Waals surface area contributed by atoms with Crippen LogP contribution in [0.25, 0.3) is 10.9 Å². The second-order valence-corrected chi connectivity index (χ2v) is 11.0. The van der Waals surface area contributed by atoms with Gasteiger partial charge in [-0.15, -0.1) is 9.41 Å². The van der Waals surface area contributed by atoms with Gasteiger partial charge in [0.1, 0.15) is 23.9 Å². The van der Waals surface area contributed by atoms with E-state index in [0.717, 1.165) is 33.7 Å². The summed E-state index contributed by atoms with van der Waals surface area (Å²) in [6.07, 6.45) is 3.28. The first-order chi connectivity index (χ1) is 15.0. The van der Waals surface area contributed by atoms with Crippen molar-refractivity contribution in [1.82, 2.24) is 15.0 Å². The number of ether oxygens (including phenoxy) is 2. The summed E-state index contributed by atoms with van der Waals surface area (Å²) >= 11 is 0. The Balaban J connectivity index is 1.49. The number of aliphatic hydroxyl groups excluding tert-OH is 1. The van der Waals surface area contributed by atoms with Crippen LogP contribution in [0.15, 0.2) is 41.2 Å². The standard InChI is InChI=1S/C22H25N5O3S/c1-14-9-15(27-31(2)7-4-8-31)10-17-20(14)21(25-13-24-17)26-16-5-3-6-23-22(16)30-19-12-29-11-18(19)28/h3,5-6,9-10,13,18-19,28H,2,4,7-8,11-12H2,1H3,(H,24,25,26)/t18-,19-/m0/s1. The minimum absolute atomic E-state index is 0.264. The molecule has 0 spiro atoms. The SMILES string of the molecule is C=S1(=Nc2cc(C)c3c(Nc4cccnc4O[C@H]4COC[C@@H]4O)ncnc3c2)CCC1. The Hall–Kier alpha value is -2.75. The van der Waals surface area contributed by atoms with E-state index in [0.29, 0.717) is 24.0 Å². The van der Waals surface area contributed by atoms with Crippen molar-refractivity contribution in [3.05, 3.63) is 42.4 Å². The molecule has 31 heavy (non-hydrogen) atoms. The number of anilines is 2. The lowest BCUT2D eigenvalue weighted by Crippen LogP contribution is -2.30. The molecule has 0 unspecified atom stereocenters. The molecule has 0 saturated carbocycles. The Morgan fingerprint density at radius 2 is 2.13 bits per heavy atom. The van der Waals surface area contributed by atoms with Crippen molar-refractivity contribution in [2.45, 2.75) is 25.6 Å². The largest absolute Gasteiger partial charge is 0.468 e. The highest BCUT2D eigenvalue weighted by molar-refractivity contribution is 8.03. The van der Waals surface area contributed by atoms with Crippen molar-refractivity contribution >= 4 is 43.4 Å². The second-order valence-electron chi connectivity index (χ2n) is 7.97. The summed E-state index contributed by atoms with van der Waals surface area (Å²) in [5, 5.41) is 14.3. The topological polar surface area (TPSA) is 102 Å². The molecule has 0 aliphatic carbocycles. The normalized spacial score (nSPS) is 22.1. The van der Waals surface area contributed by atoms with E-state index >= 15 is 0 Å². The summed E-state index contributed by atoms with van der Waals surface area (Å²) in [6, 6.07) is 7.76. The van der Waals surface area contributed by atoms with Crippen LogP contribution in [0, 0.1) is 6.92 Å². The van der Waals surface area contributed by atoms with Crippen molar-refractivity contribution in [1.29, 1.82) is 0 Å². The molecule has 4 heterocycles. The Kier molecular flexibility index (Phi) is 5.25. The highest BCUT2D eigenvalue weighted by Crippen LogP contribution is 2.33. The molecule has 2 aromatic heterocycles. The second kappa shape index (κ2) is 8.07. The van der Waals surface area contributed by atoms with Crippen LogP contribution in [-0.2, 0) is 14.2 Å². The third-order valence-electron chi connectivity index (χ3n) is 5.55. The fourth-order valence-corrected chi connectivity index (χ4v) is 5.49. The van der Waals surface area contributed by atoms with E-state index in [4.69, 9.17) is 13.8 Å². The Bertz CT molecular complexity index is 1250. The maximum Gasteiger partial charge on any atom is 0.238 e. The molecule has 2 N–H and O–H groups in total. The number of aryl methyl sites for hydroxylation is 1. The zero-order chi connectivity index (χ0) is 21.4.